The Hall–Kier alpha value is -0.160. The molecule has 2 fully saturated rings. The Morgan fingerprint density at radius 3 is 2.25 bits per heavy atom. The number of allylic oxidation sites excluding steroid dienone is 2. The summed E-state index contributed by atoms with van der Waals surface area (Å²) in [5.74, 6) is 0.540. The second-order valence-electron chi connectivity index (χ2n) is 8.62. The lowest BCUT2D eigenvalue weighted by Gasteiger charge is -2.46. The molecule has 3 nitrogen and oxygen atoms in total. The molecule has 0 aromatic carbocycles. The maximum absolute atomic E-state index is 10.7. The zero-order valence-electron chi connectivity index (χ0n) is 15.3. The molecule has 2 aliphatic carbocycles. The Bertz CT molecular complexity index is 497. The van der Waals surface area contributed by atoms with Crippen molar-refractivity contribution in [1.82, 2.24) is 0 Å². The minimum atomic E-state index is -1.04. The molecule has 0 spiro atoms. The quantitative estimate of drug-likeness (QED) is 0.494. The van der Waals surface area contributed by atoms with Gasteiger partial charge in [0.1, 0.15) is 0 Å². The zero-order valence-corrected chi connectivity index (χ0v) is 16.8. The second-order valence-corrected chi connectivity index (χ2v) is 9.72. The van der Waals surface area contributed by atoms with E-state index in [4.69, 9.17) is 0 Å². The first kappa shape index (κ1) is 20.2. The van der Waals surface area contributed by atoms with Crippen LogP contribution in [0.15, 0.2) is 24.3 Å². The summed E-state index contributed by atoms with van der Waals surface area (Å²) in [6.45, 7) is 14.0. The van der Waals surface area contributed by atoms with Crippen LogP contribution in [0.1, 0.15) is 59.3 Å². The van der Waals surface area contributed by atoms with E-state index >= 15 is 0 Å². The molecule has 24 heavy (non-hydrogen) atoms. The number of halogens is 1. The van der Waals surface area contributed by atoms with Crippen molar-refractivity contribution in [2.75, 3.05) is 0 Å². The lowest BCUT2D eigenvalue weighted by atomic mass is 9.64. The van der Waals surface area contributed by atoms with E-state index in [1.54, 1.807) is 6.92 Å². The number of aliphatic hydroxyl groups is 3. The molecule has 0 unspecified atom stereocenters. The molecular formula is C20H33BrO3. The van der Waals surface area contributed by atoms with Crippen LogP contribution in [0, 0.1) is 17.8 Å². The van der Waals surface area contributed by atoms with E-state index in [0.717, 1.165) is 36.8 Å². The average Bonchev–Trinajstić information content (AvgIpc) is 2.46. The van der Waals surface area contributed by atoms with Crippen molar-refractivity contribution in [2.24, 2.45) is 17.8 Å². The Labute approximate surface area is 155 Å². The van der Waals surface area contributed by atoms with Gasteiger partial charge in [0.2, 0.25) is 0 Å². The largest absolute Gasteiger partial charge is 0.390 e. The average molecular weight is 401 g/mol. The monoisotopic (exact) mass is 400 g/mol. The Balaban J connectivity index is 2.09. The van der Waals surface area contributed by atoms with E-state index in [1.165, 1.54) is 0 Å². The Morgan fingerprint density at radius 2 is 1.71 bits per heavy atom. The first-order valence-corrected chi connectivity index (χ1v) is 9.97. The van der Waals surface area contributed by atoms with Gasteiger partial charge in [-0.25, -0.2) is 0 Å². The van der Waals surface area contributed by atoms with Crippen molar-refractivity contribution in [3.63, 3.8) is 0 Å². The van der Waals surface area contributed by atoms with E-state index in [1.807, 2.05) is 13.8 Å². The fraction of sp³-hybridized carbons (Fsp3) is 0.800. The van der Waals surface area contributed by atoms with Crippen LogP contribution < -0.4 is 0 Å². The highest BCUT2D eigenvalue weighted by Gasteiger charge is 2.46. The predicted molar refractivity (Wildman–Crippen MR) is 102 cm³/mol. The smallest absolute Gasteiger partial charge is 0.0880 e. The Morgan fingerprint density at radius 1 is 1.12 bits per heavy atom. The highest BCUT2D eigenvalue weighted by atomic mass is 79.9. The second kappa shape index (κ2) is 7.22. The molecule has 2 rings (SSSR count). The van der Waals surface area contributed by atoms with Crippen LogP contribution in [-0.4, -0.2) is 37.5 Å². The van der Waals surface area contributed by atoms with Gasteiger partial charge < -0.3 is 15.3 Å². The topological polar surface area (TPSA) is 60.7 Å². The minimum absolute atomic E-state index is 0.0324. The van der Waals surface area contributed by atoms with Crippen molar-refractivity contribution < 1.29 is 15.3 Å². The van der Waals surface area contributed by atoms with Gasteiger partial charge >= 0.3 is 0 Å². The zero-order chi connectivity index (χ0) is 18.3. The number of aliphatic hydroxyl groups excluding tert-OH is 1. The lowest BCUT2D eigenvalue weighted by Crippen LogP contribution is -2.51. The van der Waals surface area contributed by atoms with Gasteiger partial charge in [0.05, 0.1) is 17.3 Å². The molecule has 2 saturated carbocycles. The maximum atomic E-state index is 10.7. The van der Waals surface area contributed by atoms with Crippen LogP contribution in [0.25, 0.3) is 0 Å². The summed E-state index contributed by atoms with van der Waals surface area (Å²) in [6.07, 6.45) is 3.95. The summed E-state index contributed by atoms with van der Waals surface area (Å²) < 4.78 is 0. The molecule has 0 heterocycles. The van der Waals surface area contributed by atoms with E-state index in [2.05, 4.69) is 29.1 Å². The summed E-state index contributed by atoms with van der Waals surface area (Å²) >= 11 is 3.61. The van der Waals surface area contributed by atoms with E-state index < -0.39 is 17.3 Å². The van der Waals surface area contributed by atoms with E-state index in [-0.39, 0.29) is 16.7 Å². The SMILES string of the molecule is C=C(C[C@H]1[C@H](C(=C)C)CC[C@](C)(O)[C@H]1O)[C@H]1CC[C@@](C)(O)[C@@H](Br)C1. The molecule has 3 N–H and O–H groups in total. The third kappa shape index (κ3) is 4.14. The number of hydrogen-bond donors (Lipinski definition) is 3. The Kier molecular flexibility index (Phi) is 6.06. The fourth-order valence-corrected chi connectivity index (χ4v) is 5.12. The molecule has 0 aromatic rings. The van der Waals surface area contributed by atoms with Crippen LogP contribution in [0.2, 0.25) is 0 Å². The molecule has 0 amide bonds. The molecule has 0 radical (unpaired) electrons. The van der Waals surface area contributed by atoms with Crippen LogP contribution in [-0.2, 0) is 0 Å². The highest BCUT2D eigenvalue weighted by molar-refractivity contribution is 9.09. The maximum Gasteiger partial charge on any atom is 0.0880 e. The molecule has 0 aromatic heterocycles. The van der Waals surface area contributed by atoms with Gasteiger partial charge in [0.15, 0.2) is 0 Å². The van der Waals surface area contributed by atoms with Gasteiger partial charge in [0.25, 0.3) is 0 Å². The van der Waals surface area contributed by atoms with E-state index in [9.17, 15) is 15.3 Å². The molecule has 0 saturated heterocycles. The third-order valence-corrected chi connectivity index (χ3v) is 7.75. The van der Waals surface area contributed by atoms with Crippen molar-refractivity contribution in [3.8, 4) is 0 Å². The third-order valence-electron chi connectivity index (χ3n) is 6.39. The number of hydrogen-bond acceptors (Lipinski definition) is 3. The number of rotatable bonds is 4. The molecule has 4 heteroatoms. The minimum Gasteiger partial charge on any atom is -0.390 e. The van der Waals surface area contributed by atoms with Crippen molar-refractivity contribution in [1.29, 1.82) is 0 Å². The van der Waals surface area contributed by atoms with Crippen LogP contribution >= 0.6 is 15.9 Å². The van der Waals surface area contributed by atoms with Crippen molar-refractivity contribution in [2.45, 2.75) is 81.4 Å². The molecule has 0 bridgehead atoms. The highest BCUT2D eigenvalue weighted by Crippen LogP contribution is 2.46. The van der Waals surface area contributed by atoms with Crippen LogP contribution in [0.5, 0.6) is 0 Å². The molecule has 0 aliphatic heterocycles. The van der Waals surface area contributed by atoms with E-state index in [0.29, 0.717) is 18.8 Å². The standard InChI is InChI=1S/C20H33BrO3/c1-12(2)15-7-9-20(5,24)18(22)16(15)10-13(3)14-6-8-19(4,23)17(21)11-14/h14-18,22-24H,1,3,6-11H2,2,4-5H3/t14-,15-,16-,17-,18-,19+,20-/m0/s1. The molecule has 2 aliphatic rings. The first-order valence-electron chi connectivity index (χ1n) is 9.05. The van der Waals surface area contributed by atoms with Gasteiger partial charge in [-0.3, -0.25) is 0 Å². The van der Waals surface area contributed by atoms with Crippen molar-refractivity contribution >= 4 is 15.9 Å². The molecule has 7 atom stereocenters. The molecule has 138 valence electrons. The summed E-state index contributed by atoms with van der Waals surface area (Å²) in [7, 11) is 0. The normalized spacial score (nSPS) is 46.5. The fourth-order valence-electron chi connectivity index (χ4n) is 4.44. The predicted octanol–water partition coefficient (Wildman–Crippen LogP) is 3.96. The summed E-state index contributed by atoms with van der Waals surface area (Å²) in [5, 5.41) is 31.5. The van der Waals surface area contributed by atoms with Crippen molar-refractivity contribution in [3.05, 3.63) is 24.3 Å². The van der Waals surface area contributed by atoms with Gasteiger partial charge in [-0.05, 0) is 77.0 Å². The summed E-state index contributed by atoms with van der Waals surface area (Å²) in [6, 6.07) is 0. The number of alkyl halides is 1. The van der Waals surface area contributed by atoms with Crippen LogP contribution in [0.3, 0.4) is 0 Å². The first-order chi connectivity index (χ1) is 11.0. The van der Waals surface area contributed by atoms with Gasteiger partial charge in [-0.15, -0.1) is 0 Å². The molecular weight excluding hydrogens is 368 g/mol. The lowest BCUT2D eigenvalue weighted by molar-refractivity contribution is -0.127. The van der Waals surface area contributed by atoms with Gasteiger partial charge in [-0.2, -0.15) is 0 Å². The van der Waals surface area contributed by atoms with Gasteiger partial charge in [-0.1, -0.05) is 40.2 Å². The van der Waals surface area contributed by atoms with Gasteiger partial charge in [0, 0.05) is 4.83 Å². The summed E-state index contributed by atoms with van der Waals surface area (Å²) in [5.41, 5.74) is 0.506. The summed E-state index contributed by atoms with van der Waals surface area (Å²) in [4.78, 5) is 0.0665. The van der Waals surface area contributed by atoms with Crippen LogP contribution in [0.4, 0.5) is 0 Å².